The van der Waals surface area contributed by atoms with Gasteiger partial charge in [-0.3, -0.25) is 9.59 Å². The quantitative estimate of drug-likeness (QED) is 0.293. The molecule has 0 saturated heterocycles. The molecule has 0 unspecified atom stereocenters. The van der Waals surface area contributed by atoms with Crippen molar-refractivity contribution in [3.8, 4) is 11.1 Å². The van der Waals surface area contributed by atoms with E-state index in [9.17, 15) is 18.8 Å². The first-order chi connectivity index (χ1) is 17.6. The van der Waals surface area contributed by atoms with E-state index in [1.54, 1.807) is 55.8 Å². The molecule has 1 amide bonds. The number of hydrogen-bond acceptors (Lipinski definition) is 5. The minimum atomic E-state index is -0.584. The van der Waals surface area contributed by atoms with Gasteiger partial charge in [0.05, 0.1) is 5.39 Å². The molecular formula is C28H27FIN3O4. The predicted octanol–water partition coefficient (Wildman–Crippen LogP) is 4.75. The lowest BCUT2D eigenvalue weighted by Gasteiger charge is -2.19. The van der Waals surface area contributed by atoms with Crippen LogP contribution in [-0.2, 0) is 17.8 Å². The first-order valence-corrected chi connectivity index (χ1v) is 12.9. The Morgan fingerprint density at radius 2 is 1.89 bits per heavy atom. The normalized spacial score (nSPS) is 11.2. The number of hydrogen-bond donors (Lipinski definition) is 2. The van der Waals surface area contributed by atoms with Crippen molar-refractivity contribution in [1.82, 2.24) is 9.88 Å². The molecule has 0 aliphatic carbocycles. The number of carbonyl (C=O) groups excluding carboxylic acids is 1. The SMILES string of the molecule is CNCCn1c(C)c(-c2cccc(NC(C)=O)c2)c2oc(=O)c(C)c(Cc3ccc(I)cc3F)c2c1=O. The van der Waals surface area contributed by atoms with Crippen molar-refractivity contribution in [3.05, 3.63) is 95.0 Å². The highest BCUT2D eigenvalue weighted by atomic mass is 127. The monoisotopic (exact) mass is 615 g/mol. The highest BCUT2D eigenvalue weighted by Gasteiger charge is 2.24. The van der Waals surface area contributed by atoms with E-state index in [4.69, 9.17) is 4.42 Å². The third kappa shape index (κ3) is 5.37. The molecular weight excluding hydrogens is 588 g/mol. The minimum Gasteiger partial charge on any atom is -0.422 e. The molecule has 2 N–H and O–H groups in total. The summed E-state index contributed by atoms with van der Waals surface area (Å²) in [6.45, 7) is 5.73. The number of benzene rings is 2. The van der Waals surface area contributed by atoms with Crippen molar-refractivity contribution in [2.24, 2.45) is 0 Å². The van der Waals surface area contributed by atoms with Gasteiger partial charge < -0.3 is 19.6 Å². The van der Waals surface area contributed by atoms with E-state index >= 15 is 0 Å². The van der Waals surface area contributed by atoms with Crippen LogP contribution in [0.5, 0.6) is 0 Å². The van der Waals surface area contributed by atoms with Gasteiger partial charge in [-0.15, -0.1) is 0 Å². The molecule has 0 radical (unpaired) electrons. The van der Waals surface area contributed by atoms with E-state index in [2.05, 4.69) is 10.6 Å². The second kappa shape index (κ2) is 11.0. The molecule has 2 aromatic carbocycles. The van der Waals surface area contributed by atoms with Gasteiger partial charge in [-0.2, -0.15) is 0 Å². The summed E-state index contributed by atoms with van der Waals surface area (Å²) in [6.07, 6.45) is 0.0619. The number of rotatable bonds is 7. The average Bonchev–Trinajstić information content (AvgIpc) is 2.83. The molecule has 4 rings (SSSR count). The van der Waals surface area contributed by atoms with Gasteiger partial charge in [-0.1, -0.05) is 18.2 Å². The molecule has 4 aromatic rings. The number of carbonyl (C=O) groups is 1. The van der Waals surface area contributed by atoms with Crippen molar-refractivity contribution in [1.29, 1.82) is 0 Å². The maximum atomic E-state index is 14.8. The summed E-state index contributed by atoms with van der Waals surface area (Å²) in [7, 11) is 1.80. The van der Waals surface area contributed by atoms with Crippen LogP contribution in [0.4, 0.5) is 10.1 Å². The molecule has 192 valence electrons. The number of anilines is 1. The maximum Gasteiger partial charge on any atom is 0.339 e. The molecule has 0 fully saturated rings. The lowest BCUT2D eigenvalue weighted by molar-refractivity contribution is -0.114. The molecule has 2 aromatic heterocycles. The van der Waals surface area contributed by atoms with Crippen LogP contribution in [0.15, 0.2) is 56.5 Å². The lowest BCUT2D eigenvalue weighted by atomic mass is 9.94. The zero-order valence-corrected chi connectivity index (χ0v) is 23.2. The molecule has 2 heterocycles. The third-order valence-corrected chi connectivity index (χ3v) is 7.05. The maximum absolute atomic E-state index is 14.8. The summed E-state index contributed by atoms with van der Waals surface area (Å²) in [5.74, 6) is -0.625. The van der Waals surface area contributed by atoms with Gasteiger partial charge in [0.15, 0.2) is 5.58 Å². The second-order valence-electron chi connectivity index (χ2n) is 8.89. The summed E-state index contributed by atoms with van der Waals surface area (Å²) in [5.41, 5.74) is 2.78. The molecule has 7 nitrogen and oxygen atoms in total. The Hall–Kier alpha value is -3.31. The molecule has 0 spiro atoms. The fourth-order valence-electron chi connectivity index (χ4n) is 4.52. The smallest absolute Gasteiger partial charge is 0.339 e. The number of amides is 1. The van der Waals surface area contributed by atoms with Crippen LogP contribution >= 0.6 is 22.6 Å². The van der Waals surface area contributed by atoms with Gasteiger partial charge in [0.1, 0.15) is 5.82 Å². The lowest BCUT2D eigenvalue weighted by Crippen LogP contribution is -2.29. The Bertz CT molecular complexity index is 1640. The fraction of sp³-hybridized carbons (Fsp3) is 0.250. The zero-order valence-electron chi connectivity index (χ0n) is 21.0. The van der Waals surface area contributed by atoms with Crippen LogP contribution < -0.4 is 21.8 Å². The Kier molecular flexibility index (Phi) is 7.93. The summed E-state index contributed by atoms with van der Waals surface area (Å²) in [5, 5.41) is 6.08. The summed E-state index contributed by atoms with van der Waals surface area (Å²) in [4.78, 5) is 38.6. The van der Waals surface area contributed by atoms with E-state index < -0.39 is 11.4 Å². The highest BCUT2D eigenvalue weighted by molar-refractivity contribution is 14.1. The zero-order chi connectivity index (χ0) is 26.9. The van der Waals surface area contributed by atoms with Crippen molar-refractivity contribution in [2.45, 2.75) is 33.7 Å². The number of halogens is 2. The van der Waals surface area contributed by atoms with Crippen LogP contribution in [0, 0.1) is 23.2 Å². The standard InChI is InChI=1S/C28H27FIN3O4/c1-15-22(13-18-8-9-20(30)14-23(18)29)25-26(37-28(15)36)24(16(2)33(27(25)35)11-10-31-4)19-6-5-7-21(12-19)32-17(3)34/h5-9,12,14,31H,10-11,13H2,1-4H3,(H,32,34). The van der Waals surface area contributed by atoms with E-state index in [-0.39, 0.29) is 34.4 Å². The van der Waals surface area contributed by atoms with Gasteiger partial charge in [0.25, 0.3) is 5.56 Å². The summed E-state index contributed by atoms with van der Waals surface area (Å²) < 4.78 is 23.0. The van der Waals surface area contributed by atoms with Crippen molar-refractivity contribution in [2.75, 3.05) is 18.9 Å². The first kappa shape index (κ1) is 26.7. The van der Waals surface area contributed by atoms with Crippen LogP contribution in [0.3, 0.4) is 0 Å². The van der Waals surface area contributed by atoms with Gasteiger partial charge in [0.2, 0.25) is 5.91 Å². The van der Waals surface area contributed by atoms with E-state index in [0.717, 1.165) is 3.57 Å². The van der Waals surface area contributed by atoms with Gasteiger partial charge in [-0.05, 0) is 84.4 Å². The number of nitrogens with one attached hydrogen (secondary N) is 2. The Morgan fingerprint density at radius 3 is 2.57 bits per heavy atom. The second-order valence-corrected chi connectivity index (χ2v) is 10.1. The summed E-state index contributed by atoms with van der Waals surface area (Å²) in [6, 6.07) is 12.0. The highest BCUT2D eigenvalue weighted by Crippen LogP contribution is 2.34. The summed E-state index contributed by atoms with van der Waals surface area (Å²) >= 11 is 2.04. The molecule has 0 aliphatic heterocycles. The van der Waals surface area contributed by atoms with Gasteiger partial charge >= 0.3 is 5.63 Å². The largest absolute Gasteiger partial charge is 0.422 e. The first-order valence-electron chi connectivity index (χ1n) is 11.8. The van der Waals surface area contributed by atoms with E-state index in [1.807, 2.05) is 28.7 Å². The Morgan fingerprint density at radius 1 is 1.14 bits per heavy atom. The molecule has 37 heavy (non-hydrogen) atoms. The van der Waals surface area contributed by atoms with E-state index in [0.29, 0.717) is 46.7 Å². The van der Waals surface area contributed by atoms with Crippen LogP contribution in [-0.4, -0.2) is 24.1 Å². The third-order valence-electron chi connectivity index (χ3n) is 6.37. The molecule has 0 atom stereocenters. The van der Waals surface area contributed by atoms with Crippen molar-refractivity contribution >= 4 is 45.2 Å². The average molecular weight is 615 g/mol. The predicted molar refractivity (Wildman–Crippen MR) is 152 cm³/mol. The number of aromatic nitrogens is 1. The van der Waals surface area contributed by atoms with E-state index in [1.165, 1.54) is 13.0 Å². The van der Waals surface area contributed by atoms with Crippen LogP contribution in [0.2, 0.25) is 0 Å². The number of likely N-dealkylation sites (N-methyl/N-ethyl adjacent to an activating group) is 1. The number of nitrogens with zero attached hydrogens (tertiary/aromatic N) is 1. The van der Waals surface area contributed by atoms with Crippen LogP contribution in [0.25, 0.3) is 22.1 Å². The number of fused-ring (bicyclic) bond motifs is 1. The van der Waals surface area contributed by atoms with Gasteiger partial charge in [-0.25, -0.2) is 9.18 Å². The minimum absolute atomic E-state index is 0.0619. The number of pyridine rings is 1. The topological polar surface area (TPSA) is 93.3 Å². The molecule has 0 saturated carbocycles. The molecule has 9 heteroatoms. The van der Waals surface area contributed by atoms with Gasteiger partial charge in [0, 0.05) is 52.5 Å². The molecule has 0 bridgehead atoms. The Balaban J connectivity index is 2.09. The van der Waals surface area contributed by atoms with Crippen molar-refractivity contribution < 1.29 is 13.6 Å². The van der Waals surface area contributed by atoms with Crippen LogP contribution in [0.1, 0.15) is 29.3 Å². The molecule has 0 aliphatic rings. The Labute approximate surface area is 226 Å². The van der Waals surface area contributed by atoms with Crippen molar-refractivity contribution in [3.63, 3.8) is 0 Å². The fourth-order valence-corrected chi connectivity index (χ4v) is 4.98.